The van der Waals surface area contributed by atoms with Gasteiger partial charge in [-0.05, 0) is 48.2 Å². The van der Waals surface area contributed by atoms with Gasteiger partial charge in [0.2, 0.25) is 5.91 Å². The third kappa shape index (κ3) is 3.37. The molecule has 0 unspecified atom stereocenters. The van der Waals surface area contributed by atoms with Crippen molar-refractivity contribution in [3.05, 3.63) is 84.3 Å². The summed E-state index contributed by atoms with van der Waals surface area (Å²) in [7, 11) is 0. The van der Waals surface area contributed by atoms with Crippen LogP contribution in [-0.4, -0.2) is 20.3 Å². The fourth-order valence-corrected chi connectivity index (χ4v) is 3.23. The van der Waals surface area contributed by atoms with Crippen LogP contribution in [0.1, 0.15) is 11.3 Å². The molecule has 5 heteroatoms. The maximum atomic E-state index is 12.6. The Hall–Kier alpha value is -3.34. The summed E-state index contributed by atoms with van der Waals surface area (Å²) in [5.41, 5.74) is 4.05. The van der Waals surface area contributed by atoms with Gasteiger partial charge in [0, 0.05) is 29.3 Å². The lowest BCUT2D eigenvalue weighted by molar-refractivity contribution is -0.116. The first-order chi connectivity index (χ1) is 12.7. The summed E-state index contributed by atoms with van der Waals surface area (Å²) in [5.74, 6) is -0.0364. The van der Waals surface area contributed by atoms with Gasteiger partial charge in [-0.2, -0.15) is 5.10 Å². The highest BCUT2D eigenvalue weighted by molar-refractivity contribution is 5.92. The van der Waals surface area contributed by atoms with Crippen LogP contribution < -0.4 is 5.32 Å². The zero-order chi connectivity index (χ0) is 17.9. The number of carbonyl (C=O) groups excluding carboxylic acids is 1. The number of aryl methyl sites for hydroxylation is 1. The Bertz CT molecular complexity index is 1050. The summed E-state index contributed by atoms with van der Waals surface area (Å²) >= 11 is 0. The Kier molecular flexibility index (Phi) is 4.27. The van der Waals surface area contributed by atoms with Gasteiger partial charge in [-0.1, -0.05) is 30.3 Å². The number of fused-ring (bicyclic) bond motifs is 1. The standard InChI is InChI=1S/C21H20N4O/c1-16-12-18-7-2-3-9-20(18)25(16)15-21(26)23-19-8-4-6-17(13-19)14-24-11-5-10-22-24/h2-13H,14-15H2,1H3,(H,23,26). The van der Waals surface area contributed by atoms with Crippen LogP contribution in [0.4, 0.5) is 5.69 Å². The van der Waals surface area contributed by atoms with Crippen molar-refractivity contribution in [2.24, 2.45) is 0 Å². The Balaban J connectivity index is 1.48. The third-order valence-corrected chi connectivity index (χ3v) is 4.43. The van der Waals surface area contributed by atoms with Crippen LogP contribution in [-0.2, 0) is 17.9 Å². The monoisotopic (exact) mass is 344 g/mol. The zero-order valence-electron chi connectivity index (χ0n) is 14.6. The van der Waals surface area contributed by atoms with Crippen LogP contribution in [0.15, 0.2) is 73.1 Å². The van der Waals surface area contributed by atoms with E-state index in [1.165, 1.54) is 0 Å². The van der Waals surface area contributed by atoms with Crippen LogP contribution in [0.25, 0.3) is 10.9 Å². The molecule has 0 aliphatic rings. The van der Waals surface area contributed by atoms with E-state index in [1.54, 1.807) is 6.20 Å². The lowest BCUT2D eigenvalue weighted by Crippen LogP contribution is -2.19. The molecular weight excluding hydrogens is 324 g/mol. The molecule has 5 nitrogen and oxygen atoms in total. The highest BCUT2D eigenvalue weighted by Crippen LogP contribution is 2.19. The predicted molar refractivity (Wildman–Crippen MR) is 103 cm³/mol. The molecule has 0 spiro atoms. The van der Waals surface area contributed by atoms with Gasteiger partial charge in [0.1, 0.15) is 6.54 Å². The molecule has 2 aromatic carbocycles. The SMILES string of the molecule is Cc1cc2ccccc2n1CC(=O)Nc1cccc(Cn2cccn2)c1. The number of anilines is 1. The quantitative estimate of drug-likeness (QED) is 0.598. The van der Waals surface area contributed by atoms with Gasteiger partial charge >= 0.3 is 0 Å². The molecule has 0 atom stereocenters. The number of benzene rings is 2. The first kappa shape index (κ1) is 16.1. The van der Waals surface area contributed by atoms with Crippen molar-refractivity contribution in [1.29, 1.82) is 0 Å². The fraction of sp³-hybridized carbons (Fsp3) is 0.143. The lowest BCUT2D eigenvalue weighted by atomic mass is 10.2. The van der Waals surface area contributed by atoms with Crippen molar-refractivity contribution in [1.82, 2.24) is 14.3 Å². The number of carbonyl (C=O) groups is 1. The molecule has 26 heavy (non-hydrogen) atoms. The maximum Gasteiger partial charge on any atom is 0.244 e. The maximum absolute atomic E-state index is 12.6. The third-order valence-electron chi connectivity index (χ3n) is 4.43. The largest absolute Gasteiger partial charge is 0.335 e. The zero-order valence-corrected chi connectivity index (χ0v) is 14.6. The Morgan fingerprint density at radius 1 is 1.08 bits per heavy atom. The normalized spacial score (nSPS) is 11.0. The van der Waals surface area contributed by atoms with Gasteiger partial charge in [-0.15, -0.1) is 0 Å². The van der Waals surface area contributed by atoms with Crippen LogP contribution in [0, 0.1) is 6.92 Å². The van der Waals surface area contributed by atoms with Crippen LogP contribution in [0.3, 0.4) is 0 Å². The molecule has 0 saturated heterocycles. The van der Waals surface area contributed by atoms with E-state index in [9.17, 15) is 4.79 Å². The first-order valence-corrected chi connectivity index (χ1v) is 8.60. The average molecular weight is 344 g/mol. The van der Waals surface area contributed by atoms with Crippen molar-refractivity contribution in [3.8, 4) is 0 Å². The second kappa shape index (κ2) is 6.88. The van der Waals surface area contributed by atoms with Crippen LogP contribution >= 0.6 is 0 Å². The molecule has 0 aliphatic heterocycles. The molecule has 0 bridgehead atoms. The van der Waals surface area contributed by atoms with Crippen molar-refractivity contribution < 1.29 is 4.79 Å². The molecule has 2 aromatic heterocycles. The smallest absolute Gasteiger partial charge is 0.244 e. The number of aromatic nitrogens is 3. The topological polar surface area (TPSA) is 51.9 Å². The van der Waals surface area contributed by atoms with E-state index in [-0.39, 0.29) is 5.91 Å². The number of hydrogen-bond donors (Lipinski definition) is 1. The number of rotatable bonds is 5. The second-order valence-electron chi connectivity index (χ2n) is 6.38. The molecule has 1 amide bonds. The molecule has 0 fully saturated rings. The van der Waals surface area contributed by atoms with E-state index in [4.69, 9.17) is 0 Å². The number of nitrogens with zero attached hydrogens (tertiary/aromatic N) is 3. The van der Waals surface area contributed by atoms with Crippen LogP contribution in [0.2, 0.25) is 0 Å². The Morgan fingerprint density at radius 2 is 1.96 bits per heavy atom. The van der Waals surface area contributed by atoms with E-state index in [0.29, 0.717) is 13.1 Å². The van der Waals surface area contributed by atoms with E-state index < -0.39 is 0 Å². The number of para-hydroxylation sites is 1. The highest BCUT2D eigenvalue weighted by atomic mass is 16.1. The summed E-state index contributed by atoms with van der Waals surface area (Å²) in [6.07, 6.45) is 3.68. The average Bonchev–Trinajstić information content (AvgIpc) is 3.24. The summed E-state index contributed by atoms with van der Waals surface area (Å²) in [6, 6.07) is 20.0. The fourth-order valence-electron chi connectivity index (χ4n) is 3.23. The van der Waals surface area contributed by atoms with E-state index in [2.05, 4.69) is 22.5 Å². The molecule has 1 N–H and O–H groups in total. The molecule has 0 radical (unpaired) electrons. The first-order valence-electron chi connectivity index (χ1n) is 8.60. The highest BCUT2D eigenvalue weighted by Gasteiger charge is 2.10. The van der Waals surface area contributed by atoms with Gasteiger partial charge in [0.15, 0.2) is 0 Å². The molecule has 4 aromatic rings. The molecule has 0 saturated carbocycles. The second-order valence-corrected chi connectivity index (χ2v) is 6.38. The van der Waals surface area contributed by atoms with Gasteiger partial charge in [0.25, 0.3) is 0 Å². The summed E-state index contributed by atoms with van der Waals surface area (Å²) in [5, 5.41) is 8.37. The van der Waals surface area contributed by atoms with Gasteiger partial charge in [0.05, 0.1) is 6.54 Å². The molecule has 2 heterocycles. The summed E-state index contributed by atoms with van der Waals surface area (Å²) in [6.45, 7) is 3.00. The van der Waals surface area contributed by atoms with Gasteiger partial charge in [-0.25, -0.2) is 0 Å². The van der Waals surface area contributed by atoms with Gasteiger partial charge in [-0.3, -0.25) is 9.48 Å². The van der Waals surface area contributed by atoms with Gasteiger partial charge < -0.3 is 9.88 Å². The summed E-state index contributed by atoms with van der Waals surface area (Å²) < 4.78 is 3.90. The van der Waals surface area contributed by atoms with E-state index in [1.807, 2.05) is 70.9 Å². The molecular formula is C21H20N4O. The number of nitrogens with one attached hydrogen (secondary N) is 1. The van der Waals surface area contributed by atoms with Crippen molar-refractivity contribution >= 4 is 22.5 Å². The van der Waals surface area contributed by atoms with Crippen molar-refractivity contribution in [2.75, 3.05) is 5.32 Å². The van der Waals surface area contributed by atoms with E-state index >= 15 is 0 Å². The van der Waals surface area contributed by atoms with E-state index in [0.717, 1.165) is 27.8 Å². The molecule has 0 aliphatic carbocycles. The minimum absolute atomic E-state index is 0.0364. The number of hydrogen-bond acceptors (Lipinski definition) is 2. The lowest BCUT2D eigenvalue weighted by Gasteiger charge is -2.10. The Morgan fingerprint density at radius 3 is 2.81 bits per heavy atom. The van der Waals surface area contributed by atoms with Crippen LogP contribution in [0.5, 0.6) is 0 Å². The Labute approximate surface area is 151 Å². The summed E-state index contributed by atoms with van der Waals surface area (Å²) in [4.78, 5) is 12.6. The predicted octanol–water partition coefficient (Wildman–Crippen LogP) is 3.83. The minimum Gasteiger partial charge on any atom is -0.335 e. The van der Waals surface area contributed by atoms with Crippen molar-refractivity contribution in [3.63, 3.8) is 0 Å². The molecule has 4 rings (SSSR count). The molecule has 130 valence electrons. The van der Waals surface area contributed by atoms with Crippen molar-refractivity contribution in [2.45, 2.75) is 20.0 Å². The minimum atomic E-state index is -0.0364. The number of amides is 1.